The van der Waals surface area contributed by atoms with Gasteiger partial charge >= 0.3 is 5.97 Å². The lowest BCUT2D eigenvalue weighted by molar-refractivity contribution is -0.142. The van der Waals surface area contributed by atoms with Crippen LogP contribution >= 0.6 is 22.9 Å². The number of rotatable bonds is 2. The summed E-state index contributed by atoms with van der Waals surface area (Å²) in [5.74, 6) is -1.36. The summed E-state index contributed by atoms with van der Waals surface area (Å²) in [5.41, 5.74) is 1.04. The van der Waals surface area contributed by atoms with Crippen LogP contribution in [0.4, 0.5) is 0 Å². The fraction of sp³-hybridized carbons (Fsp3) is 0.200. The number of carboxylic acid groups (broad SMARTS) is 1. The van der Waals surface area contributed by atoms with Crippen molar-refractivity contribution in [3.05, 3.63) is 56.7 Å². The van der Waals surface area contributed by atoms with Crippen LogP contribution in [0.15, 0.2) is 35.7 Å². The number of nitrogens with zero attached hydrogens (tertiary/aromatic N) is 1. The van der Waals surface area contributed by atoms with Crippen molar-refractivity contribution in [3.8, 4) is 0 Å². The molecule has 1 aromatic heterocycles. The van der Waals surface area contributed by atoms with Gasteiger partial charge in [-0.05, 0) is 35.6 Å². The van der Waals surface area contributed by atoms with Crippen molar-refractivity contribution in [1.29, 1.82) is 0 Å². The van der Waals surface area contributed by atoms with E-state index in [1.807, 2.05) is 5.38 Å². The summed E-state index contributed by atoms with van der Waals surface area (Å²) >= 11 is 7.58. The molecule has 0 radical (unpaired) electrons. The van der Waals surface area contributed by atoms with Crippen LogP contribution in [0.3, 0.4) is 0 Å². The van der Waals surface area contributed by atoms with Crippen LogP contribution in [0.1, 0.15) is 26.8 Å². The predicted molar refractivity (Wildman–Crippen MR) is 80.9 cm³/mol. The van der Waals surface area contributed by atoms with Crippen molar-refractivity contribution in [2.75, 3.05) is 6.54 Å². The van der Waals surface area contributed by atoms with Crippen molar-refractivity contribution in [3.63, 3.8) is 0 Å². The number of hydrogen-bond acceptors (Lipinski definition) is 3. The van der Waals surface area contributed by atoms with Gasteiger partial charge in [-0.3, -0.25) is 4.79 Å². The smallest absolute Gasteiger partial charge is 0.331 e. The molecule has 1 aromatic carbocycles. The molecule has 0 spiro atoms. The lowest BCUT2D eigenvalue weighted by Gasteiger charge is -2.33. The molecule has 0 saturated carbocycles. The van der Waals surface area contributed by atoms with Crippen LogP contribution < -0.4 is 0 Å². The number of carboxylic acids is 1. The lowest BCUT2D eigenvalue weighted by atomic mass is 9.99. The number of halogens is 1. The molecular weight excluding hydrogens is 310 g/mol. The normalized spacial score (nSPS) is 17.4. The Morgan fingerprint density at radius 3 is 2.76 bits per heavy atom. The first-order chi connectivity index (χ1) is 10.1. The second-order valence-corrected chi connectivity index (χ2v) is 6.18. The Balaban J connectivity index is 2.00. The van der Waals surface area contributed by atoms with Crippen LogP contribution in [0.25, 0.3) is 0 Å². The zero-order valence-corrected chi connectivity index (χ0v) is 12.5. The highest BCUT2D eigenvalue weighted by Crippen LogP contribution is 2.35. The van der Waals surface area contributed by atoms with E-state index in [4.69, 9.17) is 11.6 Å². The number of carbonyl (C=O) groups excluding carboxylic acids is 1. The fourth-order valence-electron chi connectivity index (χ4n) is 2.59. The summed E-state index contributed by atoms with van der Waals surface area (Å²) in [7, 11) is 0. The first kappa shape index (κ1) is 14.1. The van der Waals surface area contributed by atoms with Crippen LogP contribution in [0, 0.1) is 0 Å². The van der Waals surface area contributed by atoms with E-state index in [2.05, 4.69) is 0 Å². The molecule has 1 unspecified atom stereocenters. The highest BCUT2D eigenvalue weighted by Gasteiger charge is 2.37. The van der Waals surface area contributed by atoms with E-state index in [-0.39, 0.29) is 5.91 Å². The third kappa shape index (κ3) is 2.43. The lowest BCUT2D eigenvalue weighted by Crippen LogP contribution is -2.43. The maximum absolute atomic E-state index is 12.6. The van der Waals surface area contributed by atoms with E-state index in [9.17, 15) is 14.7 Å². The first-order valence-electron chi connectivity index (χ1n) is 6.44. The Bertz CT molecular complexity index is 712. The third-order valence-corrected chi connectivity index (χ3v) is 4.89. The van der Waals surface area contributed by atoms with Gasteiger partial charge in [-0.25, -0.2) is 4.79 Å². The molecule has 0 saturated heterocycles. The minimum Gasteiger partial charge on any atom is -0.479 e. The highest BCUT2D eigenvalue weighted by molar-refractivity contribution is 7.10. The van der Waals surface area contributed by atoms with Crippen molar-refractivity contribution < 1.29 is 14.7 Å². The van der Waals surface area contributed by atoms with Gasteiger partial charge in [0.1, 0.15) is 0 Å². The molecule has 0 aliphatic carbocycles. The number of benzene rings is 1. The standard InChI is InChI=1S/C15H12ClNO3S/c16-11-4-2-1-3-9(11)14(18)17-7-5-12-10(6-8-21-12)13(17)15(19)20/h1-4,6,8,13H,5,7H2,(H,19,20). The van der Waals surface area contributed by atoms with Crippen molar-refractivity contribution in [2.45, 2.75) is 12.5 Å². The third-order valence-electron chi connectivity index (χ3n) is 3.56. The van der Waals surface area contributed by atoms with Crippen LogP contribution in [-0.2, 0) is 11.2 Å². The summed E-state index contributed by atoms with van der Waals surface area (Å²) in [6, 6.07) is 7.54. The van der Waals surface area contributed by atoms with E-state index in [1.54, 1.807) is 30.3 Å². The Labute approximate surface area is 130 Å². The molecule has 4 nitrogen and oxygen atoms in total. The van der Waals surface area contributed by atoms with Crippen LogP contribution in [-0.4, -0.2) is 28.4 Å². The Kier molecular flexibility index (Phi) is 3.69. The average molecular weight is 322 g/mol. The van der Waals surface area contributed by atoms with Gasteiger partial charge in [0.05, 0.1) is 10.6 Å². The molecule has 6 heteroatoms. The second-order valence-electron chi connectivity index (χ2n) is 4.77. The topological polar surface area (TPSA) is 57.6 Å². The van der Waals surface area contributed by atoms with Gasteiger partial charge in [0.25, 0.3) is 5.91 Å². The van der Waals surface area contributed by atoms with Gasteiger partial charge in [0, 0.05) is 11.4 Å². The molecule has 1 aliphatic heterocycles. The molecule has 0 bridgehead atoms. The number of thiophene rings is 1. The first-order valence-corrected chi connectivity index (χ1v) is 7.70. The van der Waals surface area contributed by atoms with Gasteiger partial charge in [-0.1, -0.05) is 23.7 Å². The fourth-order valence-corrected chi connectivity index (χ4v) is 3.71. The van der Waals surface area contributed by atoms with Gasteiger partial charge in [-0.2, -0.15) is 0 Å². The van der Waals surface area contributed by atoms with E-state index in [0.29, 0.717) is 29.1 Å². The van der Waals surface area contributed by atoms with Crippen molar-refractivity contribution >= 4 is 34.8 Å². The number of hydrogen-bond donors (Lipinski definition) is 1. The summed E-state index contributed by atoms with van der Waals surface area (Å²) in [6.07, 6.45) is 0.674. The van der Waals surface area contributed by atoms with Crippen molar-refractivity contribution in [1.82, 2.24) is 4.90 Å². The second kappa shape index (κ2) is 5.50. The minimum atomic E-state index is -1.02. The summed E-state index contributed by atoms with van der Waals surface area (Å²) in [5, 5.41) is 11.7. The van der Waals surface area contributed by atoms with Crippen LogP contribution in [0.2, 0.25) is 5.02 Å². The number of carbonyl (C=O) groups is 2. The van der Waals surface area contributed by atoms with Gasteiger partial charge in [-0.15, -0.1) is 11.3 Å². The number of fused-ring (bicyclic) bond motifs is 1. The molecule has 1 atom stereocenters. The molecule has 1 aliphatic rings. The minimum absolute atomic E-state index is 0.336. The Hall–Kier alpha value is -1.85. The van der Waals surface area contributed by atoms with E-state index < -0.39 is 12.0 Å². The summed E-state index contributed by atoms with van der Waals surface area (Å²) in [6.45, 7) is 0.383. The Morgan fingerprint density at radius 2 is 2.05 bits per heavy atom. The molecule has 2 aromatic rings. The molecule has 2 heterocycles. The van der Waals surface area contributed by atoms with E-state index in [1.165, 1.54) is 16.2 Å². The van der Waals surface area contributed by atoms with E-state index in [0.717, 1.165) is 4.88 Å². The van der Waals surface area contributed by atoms with Gasteiger partial charge in [0.15, 0.2) is 6.04 Å². The van der Waals surface area contributed by atoms with Gasteiger partial charge < -0.3 is 10.0 Å². The largest absolute Gasteiger partial charge is 0.479 e. The zero-order valence-electron chi connectivity index (χ0n) is 11.0. The monoisotopic (exact) mass is 321 g/mol. The summed E-state index contributed by atoms with van der Waals surface area (Å²) in [4.78, 5) is 26.7. The molecule has 21 heavy (non-hydrogen) atoms. The maximum atomic E-state index is 12.6. The summed E-state index contributed by atoms with van der Waals surface area (Å²) < 4.78 is 0. The molecule has 108 valence electrons. The average Bonchev–Trinajstić information content (AvgIpc) is 2.94. The number of aliphatic carboxylic acids is 1. The quantitative estimate of drug-likeness (QED) is 0.924. The highest BCUT2D eigenvalue weighted by atomic mass is 35.5. The van der Waals surface area contributed by atoms with Crippen LogP contribution in [0.5, 0.6) is 0 Å². The molecule has 1 N–H and O–H groups in total. The maximum Gasteiger partial charge on any atom is 0.331 e. The molecule has 3 rings (SSSR count). The Morgan fingerprint density at radius 1 is 1.29 bits per heavy atom. The zero-order chi connectivity index (χ0) is 15.0. The molecular formula is C15H12ClNO3S. The number of amides is 1. The van der Waals surface area contributed by atoms with Gasteiger partial charge in [0.2, 0.25) is 0 Å². The molecule has 0 fully saturated rings. The van der Waals surface area contributed by atoms with E-state index >= 15 is 0 Å². The predicted octanol–water partition coefficient (Wildman–Crippen LogP) is 3.23. The van der Waals surface area contributed by atoms with Crippen molar-refractivity contribution in [2.24, 2.45) is 0 Å². The SMILES string of the molecule is O=C(O)C1c2ccsc2CCN1C(=O)c1ccccc1Cl. The molecule has 1 amide bonds.